The molecule has 0 heterocycles. The summed E-state index contributed by atoms with van der Waals surface area (Å²) in [5.74, 6) is -0.600. The van der Waals surface area contributed by atoms with Crippen LogP contribution < -0.4 is 16.4 Å². The smallest absolute Gasteiger partial charge is 0.248 e. The third-order valence-corrected chi connectivity index (χ3v) is 2.48. The lowest BCUT2D eigenvalue weighted by molar-refractivity contribution is -0.116. The van der Waals surface area contributed by atoms with Crippen LogP contribution in [-0.2, 0) is 4.79 Å². The zero-order chi connectivity index (χ0) is 13.5. The van der Waals surface area contributed by atoms with E-state index in [4.69, 9.17) is 5.73 Å². The zero-order valence-corrected chi connectivity index (χ0v) is 10.7. The number of benzene rings is 1. The molecule has 0 radical (unpaired) electrons. The lowest BCUT2D eigenvalue weighted by Crippen LogP contribution is -2.30. The van der Waals surface area contributed by atoms with E-state index in [2.05, 4.69) is 10.6 Å². The van der Waals surface area contributed by atoms with Crippen LogP contribution >= 0.6 is 0 Å². The Morgan fingerprint density at radius 2 is 2.11 bits per heavy atom. The van der Waals surface area contributed by atoms with Gasteiger partial charge in [-0.05, 0) is 31.7 Å². The summed E-state index contributed by atoms with van der Waals surface area (Å²) in [6.07, 6.45) is 0.384. The van der Waals surface area contributed by atoms with Gasteiger partial charge in [-0.2, -0.15) is 0 Å². The van der Waals surface area contributed by atoms with Crippen molar-refractivity contribution in [1.29, 1.82) is 0 Å². The first kappa shape index (κ1) is 14.2. The minimum Gasteiger partial charge on any atom is -0.366 e. The fraction of sp³-hybridized carbons (Fsp3) is 0.385. The maximum atomic E-state index is 11.7. The predicted molar refractivity (Wildman–Crippen MR) is 71.3 cm³/mol. The van der Waals surface area contributed by atoms with Crippen molar-refractivity contribution in [3.63, 3.8) is 0 Å². The second-order valence-electron chi connectivity index (χ2n) is 4.16. The van der Waals surface area contributed by atoms with E-state index in [0.29, 0.717) is 17.7 Å². The number of nitrogens with two attached hydrogens (primary N) is 1. The maximum absolute atomic E-state index is 11.7. The average Bonchev–Trinajstić information content (AvgIpc) is 2.29. The summed E-state index contributed by atoms with van der Waals surface area (Å²) >= 11 is 0. The predicted octanol–water partition coefficient (Wildman–Crippen LogP) is 1.11. The van der Waals surface area contributed by atoms with E-state index in [9.17, 15) is 9.59 Å². The summed E-state index contributed by atoms with van der Waals surface area (Å²) in [6.45, 7) is 4.76. The lowest BCUT2D eigenvalue weighted by atomic mass is 10.2. The third-order valence-electron chi connectivity index (χ3n) is 2.48. The van der Waals surface area contributed by atoms with Gasteiger partial charge in [-0.15, -0.1) is 0 Å². The van der Waals surface area contributed by atoms with Crippen molar-refractivity contribution in [2.24, 2.45) is 5.73 Å². The molecule has 0 aromatic heterocycles. The second-order valence-corrected chi connectivity index (χ2v) is 4.16. The van der Waals surface area contributed by atoms with Gasteiger partial charge in [-0.25, -0.2) is 0 Å². The highest BCUT2D eigenvalue weighted by Crippen LogP contribution is 2.10. The van der Waals surface area contributed by atoms with E-state index < -0.39 is 5.91 Å². The lowest BCUT2D eigenvalue weighted by Gasteiger charge is -2.12. The number of primary amides is 1. The average molecular weight is 249 g/mol. The Labute approximate surface area is 107 Å². The van der Waals surface area contributed by atoms with Crippen molar-refractivity contribution in [2.45, 2.75) is 26.3 Å². The van der Waals surface area contributed by atoms with Crippen LogP contribution in [0.25, 0.3) is 0 Å². The largest absolute Gasteiger partial charge is 0.366 e. The molecule has 0 saturated heterocycles. The van der Waals surface area contributed by atoms with Gasteiger partial charge >= 0.3 is 0 Å². The molecule has 1 aromatic carbocycles. The normalized spacial score (nSPS) is 11.9. The van der Waals surface area contributed by atoms with Gasteiger partial charge in [-0.1, -0.05) is 13.0 Å². The Bertz CT molecular complexity index is 432. The Hall–Kier alpha value is -1.88. The quantitative estimate of drug-likeness (QED) is 0.706. The molecular weight excluding hydrogens is 230 g/mol. The van der Waals surface area contributed by atoms with E-state index in [1.807, 2.05) is 13.8 Å². The molecule has 0 saturated carbocycles. The van der Waals surface area contributed by atoms with Crippen LogP contribution in [0.5, 0.6) is 0 Å². The van der Waals surface area contributed by atoms with Gasteiger partial charge in [0.1, 0.15) is 0 Å². The van der Waals surface area contributed by atoms with Crippen molar-refractivity contribution in [3.05, 3.63) is 29.8 Å². The van der Waals surface area contributed by atoms with Crippen molar-refractivity contribution < 1.29 is 9.59 Å². The van der Waals surface area contributed by atoms with Crippen LogP contribution in [0.4, 0.5) is 5.69 Å². The molecule has 1 rings (SSSR count). The Balaban J connectivity index is 2.59. The number of carbonyl (C=O) groups excluding carboxylic acids is 2. The minimum atomic E-state index is -0.507. The number of carbonyl (C=O) groups is 2. The first-order chi connectivity index (χ1) is 8.52. The first-order valence-corrected chi connectivity index (χ1v) is 5.96. The summed E-state index contributed by atoms with van der Waals surface area (Å²) in [7, 11) is 0. The summed E-state index contributed by atoms with van der Waals surface area (Å²) in [4.78, 5) is 22.7. The van der Waals surface area contributed by atoms with Crippen LogP contribution in [0.2, 0.25) is 0 Å². The molecule has 0 aliphatic carbocycles. The van der Waals surface area contributed by atoms with Gasteiger partial charge in [0.05, 0.1) is 0 Å². The van der Waals surface area contributed by atoms with Crippen molar-refractivity contribution in [3.8, 4) is 0 Å². The van der Waals surface area contributed by atoms with Gasteiger partial charge in [0, 0.05) is 23.7 Å². The van der Waals surface area contributed by atoms with Crippen molar-refractivity contribution >= 4 is 17.5 Å². The van der Waals surface area contributed by atoms with Crippen LogP contribution in [0.1, 0.15) is 30.6 Å². The highest BCUT2D eigenvalue weighted by Gasteiger charge is 2.09. The fourth-order valence-corrected chi connectivity index (χ4v) is 1.66. The summed E-state index contributed by atoms with van der Waals surface area (Å²) in [6, 6.07) is 6.71. The van der Waals surface area contributed by atoms with Gasteiger partial charge in [-0.3, -0.25) is 9.59 Å². The number of anilines is 1. The Morgan fingerprint density at radius 3 is 2.72 bits per heavy atom. The molecule has 0 bridgehead atoms. The molecule has 0 aliphatic rings. The molecule has 1 unspecified atom stereocenters. The van der Waals surface area contributed by atoms with E-state index in [1.54, 1.807) is 24.3 Å². The molecule has 5 nitrogen and oxygen atoms in total. The first-order valence-electron chi connectivity index (χ1n) is 5.96. The van der Waals surface area contributed by atoms with Crippen molar-refractivity contribution in [1.82, 2.24) is 5.32 Å². The standard InChI is InChI=1S/C13H19N3O2/c1-3-15-9(2)7-12(17)16-11-6-4-5-10(8-11)13(14)18/h4-6,8-9,15H,3,7H2,1-2H3,(H2,14,18)(H,16,17). The molecule has 18 heavy (non-hydrogen) atoms. The molecule has 98 valence electrons. The van der Waals surface area contributed by atoms with E-state index in [1.165, 1.54) is 0 Å². The molecule has 0 aliphatic heterocycles. The zero-order valence-electron chi connectivity index (χ0n) is 10.7. The number of nitrogens with one attached hydrogen (secondary N) is 2. The topological polar surface area (TPSA) is 84.2 Å². The van der Waals surface area contributed by atoms with Crippen LogP contribution in [0, 0.1) is 0 Å². The molecule has 0 fully saturated rings. The molecule has 1 aromatic rings. The molecule has 0 spiro atoms. The summed E-state index contributed by atoms with van der Waals surface area (Å²) in [5.41, 5.74) is 6.14. The second kappa shape index (κ2) is 6.76. The summed E-state index contributed by atoms with van der Waals surface area (Å²) in [5, 5.41) is 5.90. The van der Waals surface area contributed by atoms with E-state index in [-0.39, 0.29) is 11.9 Å². The SMILES string of the molecule is CCNC(C)CC(=O)Nc1cccc(C(N)=O)c1. The molecule has 1 atom stereocenters. The Kier molecular flexibility index (Phi) is 5.32. The van der Waals surface area contributed by atoms with Gasteiger partial charge < -0.3 is 16.4 Å². The van der Waals surface area contributed by atoms with Gasteiger partial charge in [0.15, 0.2) is 0 Å². The fourth-order valence-electron chi connectivity index (χ4n) is 1.66. The monoisotopic (exact) mass is 249 g/mol. The molecule has 5 heteroatoms. The van der Waals surface area contributed by atoms with Gasteiger partial charge in [0.2, 0.25) is 11.8 Å². The van der Waals surface area contributed by atoms with E-state index in [0.717, 1.165) is 6.54 Å². The highest BCUT2D eigenvalue weighted by molar-refractivity contribution is 5.96. The molecule has 4 N–H and O–H groups in total. The van der Waals surface area contributed by atoms with E-state index >= 15 is 0 Å². The number of rotatable bonds is 6. The van der Waals surface area contributed by atoms with Gasteiger partial charge in [0.25, 0.3) is 0 Å². The highest BCUT2D eigenvalue weighted by atomic mass is 16.2. The van der Waals surface area contributed by atoms with Crippen LogP contribution in [-0.4, -0.2) is 24.4 Å². The summed E-state index contributed by atoms with van der Waals surface area (Å²) < 4.78 is 0. The Morgan fingerprint density at radius 1 is 1.39 bits per heavy atom. The van der Waals surface area contributed by atoms with Crippen LogP contribution in [0.15, 0.2) is 24.3 Å². The number of amides is 2. The van der Waals surface area contributed by atoms with Crippen molar-refractivity contribution in [2.75, 3.05) is 11.9 Å². The molecular formula is C13H19N3O2. The molecule has 2 amide bonds. The third kappa shape index (κ3) is 4.55. The number of hydrogen-bond donors (Lipinski definition) is 3. The maximum Gasteiger partial charge on any atom is 0.248 e. The number of hydrogen-bond acceptors (Lipinski definition) is 3. The van der Waals surface area contributed by atoms with Crippen LogP contribution in [0.3, 0.4) is 0 Å². The minimum absolute atomic E-state index is 0.0925.